The maximum Gasteiger partial charge on any atom is 0.0154 e. The Morgan fingerprint density at radius 1 is 1.23 bits per heavy atom. The molecule has 0 bridgehead atoms. The highest BCUT2D eigenvalue weighted by atomic mass is 14.7. The van der Waals surface area contributed by atoms with Crippen LogP contribution in [0.25, 0.3) is 0 Å². The van der Waals surface area contributed by atoms with Gasteiger partial charge < -0.3 is 5.73 Å². The predicted molar refractivity (Wildman–Crippen MR) is 58.6 cm³/mol. The van der Waals surface area contributed by atoms with Crippen LogP contribution in [-0.2, 0) is 0 Å². The monoisotopic (exact) mass is 183 g/mol. The maximum atomic E-state index is 6.36. The number of nitrogens with two attached hydrogens (primary N) is 1. The minimum Gasteiger partial charge on any atom is -0.325 e. The zero-order valence-corrected chi connectivity index (χ0v) is 9.47. The van der Waals surface area contributed by atoms with Crippen molar-refractivity contribution < 1.29 is 0 Å². The van der Waals surface area contributed by atoms with Crippen LogP contribution in [0.1, 0.15) is 59.3 Å². The van der Waals surface area contributed by atoms with Gasteiger partial charge in [0.05, 0.1) is 0 Å². The van der Waals surface area contributed by atoms with Gasteiger partial charge in [-0.25, -0.2) is 0 Å². The lowest BCUT2D eigenvalue weighted by Gasteiger charge is -2.41. The Morgan fingerprint density at radius 3 is 2.38 bits per heavy atom. The Balaban J connectivity index is 2.63. The third kappa shape index (κ3) is 2.46. The van der Waals surface area contributed by atoms with E-state index >= 15 is 0 Å². The van der Waals surface area contributed by atoms with Gasteiger partial charge in [-0.15, -0.1) is 0 Å². The molecule has 1 nitrogen and oxygen atoms in total. The fourth-order valence-corrected chi connectivity index (χ4v) is 2.83. The molecule has 1 fully saturated rings. The number of hydrogen-bond acceptors (Lipinski definition) is 1. The van der Waals surface area contributed by atoms with Crippen molar-refractivity contribution in [1.82, 2.24) is 0 Å². The van der Waals surface area contributed by atoms with E-state index in [-0.39, 0.29) is 5.54 Å². The van der Waals surface area contributed by atoms with E-state index in [1.807, 2.05) is 0 Å². The second kappa shape index (κ2) is 4.45. The van der Waals surface area contributed by atoms with Crippen LogP contribution in [0.5, 0.6) is 0 Å². The Labute approximate surface area is 83.1 Å². The van der Waals surface area contributed by atoms with E-state index in [0.717, 1.165) is 18.3 Å². The fraction of sp³-hybridized carbons (Fsp3) is 1.00. The smallest absolute Gasteiger partial charge is 0.0154 e. The van der Waals surface area contributed by atoms with Gasteiger partial charge in [-0.2, -0.15) is 0 Å². The molecular weight excluding hydrogens is 158 g/mol. The summed E-state index contributed by atoms with van der Waals surface area (Å²) in [4.78, 5) is 0. The second-order valence-electron chi connectivity index (χ2n) is 4.92. The Kier molecular flexibility index (Phi) is 3.78. The largest absolute Gasteiger partial charge is 0.325 e. The van der Waals surface area contributed by atoms with Gasteiger partial charge in [0, 0.05) is 5.54 Å². The highest BCUT2D eigenvalue weighted by molar-refractivity contribution is 4.91. The van der Waals surface area contributed by atoms with Gasteiger partial charge in [0.15, 0.2) is 0 Å². The molecule has 0 amide bonds. The molecule has 13 heavy (non-hydrogen) atoms. The lowest BCUT2D eigenvalue weighted by atomic mass is 9.68. The Morgan fingerprint density at radius 2 is 1.85 bits per heavy atom. The maximum absolute atomic E-state index is 6.36. The molecule has 3 atom stereocenters. The van der Waals surface area contributed by atoms with Crippen LogP contribution in [0.4, 0.5) is 0 Å². The third-order valence-corrected chi connectivity index (χ3v) is 4.04. The summed E-state index contributed by atoms with van der Waals surface area (Å²) in [5.41, 5.74) is 6.44. The standard InChI is InChI=1S/C12H25N/c1-4-10-8-6-7-9-11(10)12(3,13)5-2/h10-11H,4-9,13H2,1-3H3. The normalized spacial score (nSPS) is 34.2. The summed E-state index contributed by atoms with van der Waals surface area (Å²) in [5, 5.41) is 0. The van der Waals surface area contributed by atoms with Gasteiger partial charge in [0.25, 0.3) is 0 Å². The molecule has 1 heteroatoms. The van der Waals surface area contributed by atoms with Gasteiger partial charge in [-0.3, -0.25) is 0 Å². The summed E-state index contributed by atoms with van der Waals surface area (Å²) in [5.74, 6) is 1.67. The lowest BCUT2D eigenvalue weighted by Crippen LogP contribution is -2.47. The van der Waals surface area contributed by atoms with Gasteiger partial charge in [-0.05, 0) is 31.6 Å². The molecule has 1 aliphatic rings. The zero-order chi connectivity index (χ0) is 9.90. The van der Waals surface area contributed by atoms with E-state index in [9.17, 15) is 0 Å². The van der Waals surface area contributed by atoms with E-state index in [2.05, 4.69) is 20.8 Å². The second-order valence-corrected chi connectivity index (χ2v) is 4.92. The van der Waals surface area contributed by atoms with Crippen LogP contribution in [0.2, 0.25) is 0 Å². The van der Waals surface area contributed by atoms with Crippen LogP contribution in [0, 0.1) is 11.8 Å². The first kappa shape index (κ1) is 11.0. The predicted octanol–water partition coefficient (Wildman–Crippen LogP) is 3.33. The van der Waals surface area contributed by atoms with Crippen molar-refractivity contribution in [2.45, 2.75) is 64.8 Å². The van der Waals surface area contributed by atoms with Gasteiger partial charge in [0.2, 0.25) is 0 Å². The van der Waals surface area contributed by atoms with Crippen LogP contribution in [0.15, 0.2) is 0 Å². The summed E-state index contributed by atoms with van der Waals surface area (Å²) in [6.07, 6.45) is 8.03. The van der Waals surface area contributed by atoms with Crippen LogP contribution >= 0.6 is 0 Å². The van der Waals surface area contributed by atoms with Crippen molar-refractivity contribution >= 4 is 0 Å². The number of hydrogen-bond donors (Lipinski definition) is 1. The van der Waals surface area contributed by atoms with Crippen molar-refractivity contribution in [2.24, 2.45) is 17.6 Å². The van der Waals surface area contributed by atoms with Crippen LogP contribution < -0.4 is 5.73 Å². The summed E-state index contributed by atoms with van der Waals surface area (Å²) in [6.45, 7) is 6.78. The molecule has 78 valence electrons. The number of rotatable bonds is 3. The Hall–Kier alpha value is -0.0400. The van der Waals surface area contributed by atoms with Crippen molar-refractivity contribution in [1.29, 1.82) is 0 Å². The van der Waals surface area contributed by atoms with Gasteiger partial charge in [-0.1, -0.05) is 39.5 Å². The average Bonchev–Trinajstić information content (AvgIpc) is 2.18. The molecule has 0 aliphatic heterocycles. The molecule has 3 unspecified atom stereocenters. The molecule has 1 saturated carbocycles. The topological polar surface area (TPSA) is 26.0 Å². The first-order valence-electron chi connectivity index (χ1n) is 5.90. The molecular formula is C12H25N. The minimum absolute atomic E-state index is 0.0844. The molecule has 0 heterocycles. The first-order chi connectivity index (χ1) is 6.11. The first-order valence-corrected chi connectivity index (χ1v) is 5.90. The highest BCUT2D eigenvalue weighted by Crippen LogP contribution is 2.39. The summed E-state index contributed by atoms with van der Waals surface area (Å²) >= 11 is 0. The lowest BCUT2D eigenvalue weighted by molar-refractivity contribution is 0.135. The van der Waals surface area contributed by atoms with Crippen LogP contribution in [-0.4, -0.2) is 5.54 Å². The van der Waals surface area contributed by atoms with E-state index in [1.54, 1.807) is 0 Å². The fourth-order valence-electron chi connectivity index (χ4n) is 2.83. The third-order valence-electron chi connectivity index (χ3n) is 4.04. The highest BCUT2D eigenvalue weighted by Gasteiger charge is 2.35. The molecule has 1 aliphatic carbocycles. The van der Waals surface area contributed by atoms with E-state index in [4.69, 9.17) is 5.73 Å². The Bertz CT molecular complexity index is 151. The molecule has 0 radical (unpaired) electrons. The van der Waals surface area contributed by atoms with Crippen LogP contribution in [0.3, 0.4) is 0 Å². The van der Waals surface area contributed by atoms with E-state index in [0.29, 0.717) is 0 Å². The molecule has 0 saturated heterocycles. The quantitative estimate of drug-likeness (QED) is 0.713. The van der Waals surface area contributed by atoms with Crippen molar-refractivity contribution in [3.8, 4) is 0 Å². The van der Waals surface area contributed by atoms with Gasteiger partial charge >= 0.3 is 0 Å². The summed E-state index contributed by atoms with van der Waals surface area (Å²) in [6, 6.07) is 0. The average molecular weight is 183 g/mol. The summed E-state index contributed by atoms with van der Waals surface area (Å²) < 4.78 is 0. The zero-order valence-electron chi connectivity index (χ0n) is 9.47. The molecule has 1 rings (SSSR count). The molecule has 2 N–H and O–H groups in total. The van der Waals surface area contributed by atoms with Gasteiger partial charge in [0.1, 0.15) is 0 Å². The molecule has 0 aromatic heterocycles. The van der Waals surface area contributed by atoms with Crippen molar-refractivity contribution in [2.75, 3.05) is 0 Å². The SMILES string of the molecule is CCC1CCCCC1C(C)(N)CC. The molecule has 0 spiro atoms. The molecule has 0 aromatic carbocycles. The van der Waals surface area contributed by atoms with E-state index < -0.39 is 0 Å². The molecule has 0 aromatic rings. The summed E-state index contributed by atoms with van der Waals surface area (Å²) in [7, 11) is 0. The van der Waals surface area contributed by atoms with Crippen molar-refractivity contribution in [3.05, 3.63) is 0 Å². The minimum atomic E-state index is 0.0844. The van der Waals surface area contributed by atoms with Crippen molar-refractivity contribution in [3.63, 3.8) is 0 Å². The van der Waals surface area contributed by atoms with E-state index in [1.165, 1.54) is 32.1 Å².